The van der Waals surface area contributed by atoms with Crippen molar-refractivity contribution in [3.8, 4) is 0 Å². The lowest BCUT2D eigenvalue weighted by atomic mass is 10.0. The van der Waals surface area contributed by atoms with E-state index in [0.29, 0.717) is 0 Å². The Kier molecular flexibility index (Phi) is 5.35. The van der Waals surface area contributed by atoms with E-state index in [-0.39, 0.29) is 11.8 Å². The van der Waals surface area contributed by atoms with Crippen LogP contribution in [0.25, 0.3) is 0 Å². The zero-order chi connectivity index (χ0) is 13.7. The van der Waals surface area contributed by atoms with Crippen molar-refractivity contribution in [1.82, 2.24) is 0 Å². The van der Waals surface area contributed by atoms with Gasteiger partial charge in [-0.2, -0.15) is 0 Å². The maximum absolute atomic E-state index is 11.9. The Labute approximate surface area is 109 Å². The number of benzene rings is 1. The molecule has 0 radical (unpaired) electrons. The minimum absolute atomic E-state index is 0.0798. The first-order valence-electron chi connectivity index (χ1n) is 6.60. The summed E-state index contributed by atoms with van der Waals surface area (Å²) in [5.41, 5.74) is 3.09. The van der Waals surface area contributed by atoms with Gasteiger partial charge < -0.3 is 10.4 Å². The molecule has 0 heterocycles. The monoisotopic (exact) mass is 249 g/mol. The lowest BCUT2D eigenvalue weighted by Crippen LogP contribution is -2.32. The van der Waals surface area contributed by atoms with Gasteiger partial charge in [-0.3, -0.25) is 4.79 Å². The number of carbonyl (C=O) groups is 1. The fourth-order valence-corrected chi connectivity index (χ4v) is 1.90. The number of amides is 1. The minimum Gasteiger partial charge on any atom is -0.383 e. The number of rotatable bonds is 5. The van der Waals surface area contributed by atoms with Crippen LogP contribution in [0.4, 0.5) is 5.69 Å². The van der Waals surface area contributed by atoms with Crippen LogP contribution >= 0.6 is 0 Å². The summed E-state index contributed by atoms with van der Waals surface area (Å²) in [6, 6.07) is 6.03. The van der Waals surface area contributed by atoms with Crippen LogP contribution < -0.4 is 5.32 Å². The Morgan fingerprint density at radius 3 is 2.11 bits per heavy atom. The molecule has 0 aliphatic heterocycles. The van der Waals surface area contributed by atoms with Gasteiger partial charge in [0.05, 0.1) is 0 Å². The largest absolute Gasteiger partial charge is 0.383 e. The number of aliphatic hydroxyl groups excluding tert-OH is 1. The quantitative estimate of drug-likeness (QED) is 0.843. The zero-order valence-electron chi connectivity index (χ0n) is 11.7. The Morgan fingerprint density at radius 2 is 1.72 bits per heavy atom. The lowest BCUT2D eigenvalue weighted by molar-refractivity contribution is -0.125. The van der Waals surface area contributed by atoms with Crippen molar-refractivity contribution in [1.29, 1.82) is 0 Å². The molecule has 0 aromatic heterocycles. The van der Waals surface area contributed by atoms with Crippen LogP contribution in [0.2, 0.25) is 0 Å². The molecule has 0 fully saturated rings. The number of aliphatic hydroxyl groups is 1. The van der Waals surface area contributed by atoms with Gasteiger partial charge in [0.15, 0.2) is 0 Å². The summed E-state index contributed by atoms with van der Waals surface area (Å²) in [6.45, 7) is 7.78. The van der Waals surface area contributed by atoms with Crippen LogP contribution in [0.1, 0.15) is 38.8 Å². The van der Waals surface area contributed by atoms with E-state index in [1.54, 1.807) is 0 Å². The van der Waals surface area contributed by atoms with Crippen molar-refractivity contribution in [2.24, 2.45) is 5.92 Å². The van der Waals surface area contributed by atoms with Crippen molar-refractivity contribution in [3.63, 3.8) is 0 Å². The van der Waals surface area contributed by atoms with E-state index >= 15 is 0 Å². The number of aryl methyl sites for hydroxylation is 2. The molecule has 0 bridgehead atoms. The molecule has 3 heteroatoms. The zero-order valence-corrected chi connectivity index (χ0v) is 11.7. The van der Waals surface area contributed by atoms with Crippen molar-refractivity contribution in [2.45, 2.75) is 46.6 Å². The number of carbonyl (C=O) groups excluding carboxylic acids is 1. The molecule has 1 amide bonds. The molecule has 0 saturated heterocycles. The van der Waals surface area contributed by atoms with Crippen molar-refractivity contribution in [3.05, 3.63) is 29.3 Å². The minimum atomic E-state index is -0.959. The fraction of sp³-hybridized carbons (Fsp3) is 0.533. The third-order valence-corrected chi connectivity index (χ3v) is 3.15. The van der Waals surface area contributed by atoms with Crippen molar-refractivity contribution < 1.29 is 9.90 Å². The van der Waals surface area contributed by atoms with Gasteiger partial charge in [-0.25, -0.2) is 0 Å². The predicted molar refractivity (Wildman–Crippen MR) is 74.7 cm³/mol. The highest BCUT2D eigenvalue weighted by molar-refractivity contribution is 5.95. The standard InChI is InChI=1S/C15H23NO2/c1-5-11-8-7-9-12(6-2)13(11)16-15(18)14(17)10(3)4/h7-10,14,17H,5-6H2,1-4H3,(H,16,18). The van der Waals surface area contributed by atoms with Gasteiger partial charge in [0, 0.05) is 5.69 Å². The van der Waals surface area contributed by atoms with Crippen molar-refractivity contribution in [2.75, 3.05) is 5.32 Å². The maximum Gasteiger partial charge on any atom is 0.253 e. The molecule has 1 aromatic carbocycles. The van der Waals surface area contributed by atoms with Crippen LogP contribution in [0.5, 0.6) is 0 Å². The first kappa shape index (κ1) is 14.7. The first-order chi connectivity index (χ1) is 8.51. The first-order valence-corrected chi connectivity index (χ1v) is 6.60. The van der Waals surface area contributed by atoms with Gasteiger partial charge in [-0.05, 0) is 29.9 Å². The summed E-state index contributed by atoms with van der Waals surface area (Å²) in [5.74, 6) is -0.399. The van der Waals surface area contributed by atoms with Crippen LogP contribution in [0, 0.1) is 5.92 Å². The normalized spacial score (nSPS) is 12.6. The maximum atomic E-state index is 11.9. The highest BCUT2D eigenvalue weighted by Crippen LogP contribution is 2.23. The van der Waals surface area contributed by atoms with E-state index in [9.17, 15) is 9.90 Å². The molecule has 18 heavy (non-hydrogen) atoms. The average Bonchev–Trinajstić information content (AvgIpc) is 2.37. The number of anilines is 1. The Morgan fingerprint density at radius 1 is 1.22 bits per heavy atom. The topological polar surface area (TPSA) is 49.3 Å². The van der Waals surface area contributed by atoms with Gasteiger partial charge in [-0.1, -0.05) is 45.9 Å². The predicted octanol–water partition coefficient (Wildman–Crippen LogP) is 2.77. The number of hydrogen-bond acceptors (Lipinski definition) is 2. The smallest absolute Gasteiger partial charge is 0.253 e. The van der Waals surface area contributed by atoms with E-state index in [1.165, 1.54) is 0 Å². The Balaban J connectivity index is 2.99. The van der Waals surface area contributed by atoms with E-state index in [2.05, 4.69) is 19.2 Å². The van der Waals surface area contributed by atoms with Gasteiger partial charge in [0.2, 0.25) is 0 Å². The Bertz CT molecular complexity index is 391. The van der Waals surface area contributed by atoms with Gasteiger partial charge in [0.25, 0.3) is 5.91 Å². The van der Waals surface area contributed by atoms with Gasteiger partial charge >= 0.3 is 0 Å². The molecule has 0 aliphatic carbocycles. The molecule has 3 nitrogen and oxygen atoms in total. The molecular formula is C15H23NO2. The van der Waals surface area contributed by atoms with Crippen molar-refractivity contribution >= 4 is 11.6 Å². The average molecular weight is 249 g/mol. The van der Waals surface area contributed by atoms with Crippen LogP contribution in [-0.4, -0.2) is 17.1 Å². The molecule has 1 unspecified atom stereocenters. The number of nitrogens with one attached hydrogen (secondary N) is 1. The van der Waals surface area contributed by atoms with Gasteiger partial charge in [0.1, 0.15) is 6.10 Å². The molecular weight excluding hydrogens is 226 g/mol. The summed E-state index contributed by atoms with van der Waals surface area (Å²) in [5, 5.41) is 12.6. The molecule has 0 saturated carbocycles. The summed E-state index contributed by atoms with van der Waals surface area (Å²) in [4.78, 5) is 11.9. The van der Waals surface area contributed by atoms with Crippen LogP contribution in [0.15, 0.2) is 18.2 Å². The van der Waals surface area contributed by atoms with Crippen LogP contribution in [0.3, 0.4) is 0 Å². The molecule has 0 spiro atoms. The molecule has 100 valence electrons. The van der Waals surface area contributed by atoms with E-state index in [0.717, 1.165) is 29.7 Å². The highest BCUT2D eigenvalue weighted by Gasteiger charge is 2.20. The number of para-hydroxylation sites is 1. The van der Waals surface area contributed by atoms with E-state index in [4.69, 9.17) is 0 Å². The fourth-order valence-electron chi connectivity index (χ4n) is 1.90. The third-order valence-electron chi connectivity index (χ3n) is 3.15. The molecule has 2 N–H and O–H groups in total. The third kappa shape index (κ3) is 3.33. The summed E-state index contributed by atoms with van der Waals surface area (Å²) in [6.07, 6.45) is 0.766. The summed E-state index contributed by atoms with van der Waals surface area (Å²) >= 11 is 0. The summed E-state index contributed by atoms with van der Waals surface area (Å²) < 4.78 is 0. The van der Waals surface area contributed by atoms with Gasteiger partial charge in [-0.15, -0.1) is 0 Å². The molecule has 1 atom stereocenters. The van der Waals surface area contributed by atoms with E-state index in [1.807, 2.05) is 32.0 Å². The SMILES string of the molecule is CCc1cccc(CC)c1NC(=O)C(O)C(C)C. The molecule has 1 rings (SSSR count). The second kappa shape index (κ2) is 6.55. The second-order valence-corrected chi connectivity index (χ2v) is 4.84. The molecule has 1 aromatic rings. The van der Waals surface area contributed by atoms with Crippen LogP contribution in [-0.2, 0) is 17.6 Å². The lowest BCUT2D eigenvalue weighted by Gasteiger charge is -2.18. The summed E-state index contributed by atoms with van der Waals surface area (Å²) in [7, 11) is 0. The number of hydrogen-bond donors (Lipinski definition) is 2. The highest BCUT2D eigenvalue weighted by atomic mass is 16.3. The second-order valence-electron chi connectivity index (χ2n) is 4.84. The van der Waals surface area contributed by atoms with E-state index < -0.39 is 6.10 Å². The Hall–Kier alpha value is -1.35. The molecule has 0 aliphatic rings.